The summed E-state index contributed by atoms with van der Waals surface area (Å²) in [6, 6.07) is 0. The normalized spacial score (nSPS) is 11.1. The van der Waals surface area contributed by atoms with Crippen molar-refractivity contribution >= 4 is 6.29 Å². The van der Waals surface area contributed by atoms with Gasteiger partial charge in [-0.25, -0.2) is 0 Å². The molecule has 0 bridgehead atoms. The SMILES string of the molecule is CCCCCCCCCCCC/C=C\CC=O. The maximum Gasteiger partial charge on any atom is 0.123 e. The van der Waals surface area contributed by atoms with E-state index in [0.29, 0.717) is 6.42 Å². The van der Waals surface area contributed by atoms with E-state index in [1.54, 1.807) is 0 Å². The van der Waals surface area contributed by atoms with Crippen LogP contribution in [0.25, 0.3) is 0 Å². The summed E-state index contributed by atoms with van der Waals surface area (Å²) in [5.41, 5.74) is 0. The lowest BCUT2D eigenvalue weighted by Crippen LogP contribution is -1.81. The van der Waals surface area contributed by atoms with Gasteiger partial charge in [0.1, 0.15) is 6.29 Å². The fourth-order valence-electron chi connectivity index (χ4n) is 2.02. The van der Waals surface area contributed by atoms with Crippen molar-refractivity contribution in [3.8, 4) is 0 Å². The smallest absolute Gasteiger partial charge is 0.123 e. The highest BCUT2D eigenvalue weighted by atomic mass is 16.1. The zero-order chi connectivity index (χ0) is 12.6. The van der Waals surface area contributed by atoms with Gasteiger partial charge >= 0.3 is 0 Å². The minimum absolute atomic E-state index is 0.581. The summed E-state index contributed by atoms with van der Waals surface area (Å²) in [5.74, 6) is 0. The van der Waals surface area contributed by atoms with Crippen molar-refractivity contribution in [3.05, 3.63) is 12.2 Å². The minimum atomic E-state index is 0.581. The number of aldehydes is 1. The zero-order valence-electron chi connectivity index (χ0n) is 11.6. The Morgan fingerprint density at radius 1 is 0.706 bits per heavy atom. The minimum Gasteiger partial charge on any atom is -0.303 e. The summed E-state index contributed by atoms with van der Waals surface area (Å²) in [6.45, 7) is 2.27. The first-order valence-electron chi connectivity index (χ1n) is 7.50. The highest BCUT2D eigenvalue weighted by molar-refractivity contribution is 5.51. The molecule has 17 heavy (non-hydrogen) atoms. The number of hydrogen-bond donors (Lipinski definition) is 0. The molecule has 0 fully saturated rings. The lowest BCUT2D eigenvalue weighted by Gasteiger charge is -2.01. The summed E-state index contributed by atoms with van der Waals surface area (Å²) < 4.78 is 0. The third-order valence-corrected chi connectivity index (χ3v) is 3.12. The highest BCUT2D eigenvalue weighted by Crippen LogP contribution is 2.11. The lowest BCUT2D eigenvalue weighted by atomic mass is 10.1. The molecule has 0 aliphatic carbocycles. The van der Waals surface area contributed by atoms with Crippen molar-refractivity contribution in [3.63, 3.8) is 0 Å². The molecule has 0 aromatic rings. The first-order valence-corrected chi connectivity index (χ1v) is 7.50. The van der Waals surface area contributed by atoms with E-state index in [1.165, 1.54) is 64.2 Å². The van der Waals surface area contributed by atoms with Crippen LogP contribution in [0.4, 0.5) is 0 Å². The van der Waals surface area contributed by atoms with Gasteiger partial charge < -0.3 is 4.79 Å². The molecular weight excluding hydrogens is 208 g/mol. The summed E-state index contributed by atoms with van der Waals surface area (Å²) in [7, 11) is 0. The largest absolute Gasteiger partial charge is 0.303 e. The molecule has 0 spiro atoms. The van der Waals surface area contributed by atoms with Crippen LogP contribution < -0.4 is 0 Å². The second kappa shape index (κ2) is 15.4. The molecule has 0 saturated heterocycles. The van der Waals surface area contributed by atoms with Gasteiger partial charge in [0.15, 0.2) is 0 Å². The Bertz CT molecular complexity index is 172. The van der Waals surface area contributed by atoms with Crippen LogP contribution in [0.5, 0.6) is 0 Å². The number of carbonyl (C=O) groups is 1. The van der Waals surface area contributed by atoms with Crippen molar-refractivity contribution in [1.29, 1.82) is 0 Å². The molecule has 0 heterocycles. The number of allylic oxidation sites excluding steroid dienone is 2. The Morgan fingerprint density at radius 2 is 1.24 bits per heavy atom. The number of rotatable bonds is 13. The second-order valence-electron chi connectivity index (χ2n) is 4.84. The first kappa shape index (κ1) is 16.4. The molecule has 1 nitrogen and oxygen atoms in total. The van der Waals surface area contributed by atoms with Crippen molar-refractivity contribution < 1.29 is 4.79 Å². The Labute approximate surface area is 108 Å². The lowest BCUT2D eigenvalue weighted by molar-refractivity contribution is -0.107. The summed E-state index contributed by atoms with van der Waals surface area (Å²) in [5, 5.41) is 0. The van der Waals surface area contributed by atoms with Gasteiger partial charge in [0.2, 0.25) is 0 Å². The molecule has 0 rings (SSSR count). The van der Waals surface area contributed by atoms with Gasteiger partial charge in [0, 0.05) is 6.42 Å². The average molecular weight is 238 g/mol. The quantitative estimate of drug-likeness (QED) is 0.237. The average Bonchev–Trinajstić information content (AvgIpc) is 2.35. The molecule has 0 unspecified atom stereocenters. The van der Waals surface area contributed by atoms with Gasteiger partial charge in [-0.15, -0.1) is 0 Å². The molecule has 0 saturated carbocycles. The number of carbonyl (C=O) groups excluding carboxylic acids is 1. The molecule has 0 aromatic heterocycles. The predicted molar refractivity (Wildman–Crippen MR) is 76.3 cm³/mol. The number of hydrogen-bond acceptors (Lipinski definition) is 1. The van der Waals surface area contributed by atoms with Gasteiger partial charge in [0.25, 0.3) is 0 Å². The molecule has 0 amide bonds. The molecule has 0 atom stereocenters. The van der Waals surface area contributed by atoms with E-state index in [4.69, 9.17) is 0 Å². The van der Waals surface area contributed by atoms with Gasteiger partial charge in [-0.3, -0.25) is 0 Å². The second-order valence-corrected chi connectivity index (χ2v) is 4.84. The molecule has 0 aromatic carbocycles. The Morgan fingerprint density at radius 3 is 1.76 bits per heavy atom. The van der Waals surface area contributed by atoms with Crippen LogP contribution in [0, 0.1) is 0 Å². The van der Waals surface area contributed by atoms with Gasteiger partial charge in [0.05, 0.1) is 0 Å². The van der Waals surface area contributed by atoms with Crippen molar-refractivity contribution in [2.24, 2.45) is 0 Å². The van der Waals surface area contributed by atoms with E-state index in [1.807, 2.05) is 6.08 Å². The van der Waals surface area contributed by atoms with E-state index < -0.39 is 0 Å². The maximum absolute atomic E-state index is 10.1. The van der Waals surface area contributed by atoms with Crippen LogP contribution >= 0.6 is 0 Å². The molecule has 0 N–H and O–H groups in total. The van der Waals surface area contributed by atoms with Gasteiger partial charge in [-0.05, 0) is 12.8 Å². The monoisotopic (exact) mass is 238 g/mol. The summed E-state index contributed by atoms with van der Waals surface area (Å²) in [4.78, 5) is 10.1. The third kappa shape index (κ3) is 15.4. The molecular formula is C16H30O. The van der Waals surface area contributed by atoms with E-state index in [-0.39, 0.29) is 0 Å². The fourth-order valence-corrected chi connectivity index (χ4v) is 2.02. The third-order valence-electron chi connectivity index (χ3n) is 3.12. The zero-order valence-corrected chi connectivity index (χ0v) is 11.6. The van der Waals surface area contributed by atoms with Crippen LogP contribution in [0.1, 0.15) is 84.0 Å². The topological polar surface area (TPSA) is 17.1 Å². The van der Waals surface area contributed by atoms with E-state index in [9.17, 15) is 4.79 Å². The molecule has 0 aliphatic heterocycles. The summed E-state index contributed by atoms with van der Waals surface area (Å²) in [6.07, 6.45) is 20.7. The number of unbranched alkanes of at least 4 members (excludes halogenated alkanes) is 10. The summed E-state index contributed by atoms with van der Waals surface area (Å²) >= 11 is 0. The molecule has 100 valence electrons. The van der Waals surface area contributed by atoms with Crippen LogP contribution in [0.15, 0.2) is 12.2 Å². The Hall–Kier alpha value is -0.590. The van der Waals surface area contributed by atoms with Gasteiger partial charge in [-0.1, -0.05) is 76.9 Å². The van der Waals surface area contributed by atoms with Crippen molar-refractivity contribution in [1.82, 2.24) is 0 Å². The van der Waals surface area contributed by atoms with Crippen molar-refractivity contribution in [2.75, 3.05) is 0 Å². The Balaban J connectivity index is 2.96. The fraction of sp³-hybridized carbons (Fsp3) is 0.812. The standard InChI is InChI=1S/C16H30O/c1-2-3-4-5-6-7-8-9-10-11-12-13-14-15-16-17/h13-14,16H,2-12,15H2,1H3/b14-13-. The van der Waals surface area contributed by atoms with E-state index in [0.717, 1.165) is 12.7 Å². The van der Waals surface area contributed by atoms with Crippen LogP contribution in [-0.4, -0.2) is 6.29 Å². The molecule has 1 heteroatoms. The van der Waals surface area contributed by atoms with Crippen molar-refractivity contribution in [2.45, 2.75) is 84.0 Å². The maximum atomic E-state index is 10.1. The van der Waals surface area contributed by atoms with Gasteiger partial charge in [-0.2, -0.15) is 0 Å². The predicted octanol–water partition coefficient (Wildman–Crippen LogP) is 5.44. The molecule has 0 radical (unpaired) electrons. The van der Waals surface area contributed by atoms with E-state index in [2.05, 4.69) is 13.0 Å². The van der Waals surface area contributed by atoms with Crippen LogP contribution in [-0.2, 0) is 4.79 Å². The van der Waals surface area contributed by atoms with Crippen LogP contribution in [0.3, 0.4) is 0 Å². The molecule has 0 aliphatic rings. The van der Waals surface area contributed by atoms with E-state index >= 15 is 0 Å². The Kier molecular flexibility index (Phi) is 14.9. The first-order chi connectivity index (χ1) is 8.41. The highest BCUT2D eigenvalue weighted by Gasteiger charge is 1.91. The van der Waals surface area contributed by atoms with Crippen LogP contribution in [0.2, 0.25) is 0 Å².